The topological polar surface area (TPSA) is 70.7 Å². The van der Waals surface area contributed by atoms with Crippen molar-refractivity contribution in [1.29, 1.82) is 0 Å². The number of carbonyl (C=O) groups excluding carboxylic acids is 2. The zero-order valence-corrected chi connectivity index (χ0v) is 14.4. The van der Waals surface area contributed by atoms with Gasteiger partial charge in [-0.15, -0.1) is 0 Å². The highest BCUT2D eigenvalue weighted by atomic mass is 16.5. The maximum absolute atomic E-state index is 12.3. The van der Waals surface area contributed by atoms with Crippen molar-refractivity contribution in [3.05, 3.63) is 35.9 Å². The van der Waals surface area contributed by atoms with Gasteiger partial charge in [0, 0.05) is 32.5 Å². The first-order valence-electron chi connectivity index (χ1n) is 9.16. The van der Waals surface area contributed by atoms with Crippen molar-refractivity contribution in [2.45, 2.75) is 37.3 Å². The van der Waals surface area contributed by atoms with Gasteiger partial charge in [0.1, 0.15) is 12.3 Å². The maximum atomic E-state index is 12.3. The van der Waals surface area contributed by atoms with Gasteiger partial charge in [-0.25, -0.2) is 4.79 Å². The molecule has 2 saturated heterocycles. The number of urea groups is 1. The summed E-state index contributed by atoms with van der Waals surface area (Å²) in [4.78, 5) is 25.5. The fraction of sp³-hybridized carbons (Fsp3) is 0.579. The normalized spacial score (nSPS) is 27.7. The van der Waals surface area contributed by atoms with E-state index in [0.29, 0.717) is 37.8 Å². The van der Waals surface area contributed by atoms with Crippen molar-refractivity contribution in [3.63, 3.8) is 0 Å². The molecule has 0 atom stereocenters. The second-order valence-electron chi connectivity index (χ2n) is 7.45. The van der Waals surface area contributed by atoms with Crippen molar-refractivity contribution in [2.24, 2.45) is 5.92 Å². The summed E-state index contributed by atoms with van der Waals surface area (Å²) in [6.45, 7) is 2.11. The summed E-state index contributed by atoms with van der Waals surface area (Å²) in [5, 5.41) is 5.97. The van der Waals surface area contributed by atoms with E-state index < -0.39 is 5.72 Å². The van der Waals surface area contributed by atoms with E-state index in [0.717, 1.165) is 19.4 Å². The van der Waals surface area contributed by atoms with Crippen LogP contribution in [0, 0.1) is 5.92 Å². The molecule has 3 fully saturated rings. The predicted molar refractivity (Wildman–Crippen MR) is 92.9 cm³/mol. The first kappa shape index (κ1) is 16.4. The predicted octanol–water partition coefficient (Wildman–Crippen LogP) is 1.83. The number of nitrogens with one attached hydrogen (secondary N) is 2. The van der Waals surface area contributed by atoms with Crippen LogP contribution in [0.1, 0.15) is 37.2 Å². The molecule has 0 radical (unpaired) electrons. The lowest BCUT2D eigenvalue weighted by Gasteiger charge is -2.39. The molecule has 0 unspecified atom stereocenters. The van der Waals surface area contributed by atoms with Crippen LogP contribution in [0.25, 0.3) is 0 Å². The summed E-state index contributed by atoms with van der Waals surface area (Å²) in [5.74, 6) is 1.15. The highest BCUT2D eigenvalue weighted by molar-refractivity contribution is 5.80. The Morgan fingerprint density at radius 1 is 1.24 bits per heavy atom. The van der Waals surface area contributed by atoms with Crippen LogP contribution >= 0.6 is 0 Å². The Bertz CT molecular complexity index is 635. The quantitative estimate of drug-likeness (QED) is 0.880. The van der Waals surface area contributed by atoms with Crippen LogP contribution in [0.2, 0.25) is 0 Å². The summed E-state index contributed by atoms with van der Waals surface area (Å²) in [6, 6.07) is 10.6. The van der Waals surface area contributed by atoms with Gasteiger partial charge in [-0.1, -0.05) is 30.3 Å². The highest BCUT2D eigenvalue weighted by Gasteiger charge is 2.42. The van der Waals surface area contributed by atoms with Gasteiger partial charge < -0.3 is 20.3 Å². The first-order valence-corrected chi connectivity index (χ1v) is 9.16. The van der Waals surface area contributed by atoms with Gasteiger partial charge in [-0.2, -0.15) is 0 Å². The fourth-order valence-electron chi connectivity index (χ4n) is 4.11. The number of nitrogens with zero attached hydrogens (tertiary/aromatic N) is 1. The third-order valence-corrected chi connectivity index (χ3v) is 5.75. The van der Waals surface area contributed by atoms with Crippen molar-refractivity contribution >= 4 is 11.9 Å². The molecule has 0 aromatic heterocycles. The molecule has 1 saturated carbocycles. The summed E-state index contributed by atoms with van der Waals surface area (Å²) in [6.07, 6.45) is 3.61. The Balaban J connectivity index is 1.18. The Morgan fingerprint density at radius 3 is 2.60 bits per heavy atom. The Morgan fingerprint density at radius 2 is 1.96 bits per heavy atom. The van der Waals surface area contributed by atoms with Crippen LogP contribution < -0.4 is 10.6 Å². The molecule has 134 valence electrons. The van der Waals surface area contributed by atoms with Gasteiger partial charge in [-0.3, -0.25) is 4.79 Å². The standard InChI is InChI=1S/C19H25N3O3/c23-17-13-25-19(21-17)6-8-22(9-7-19)18(24)20-12-14-10-16(11-14)15-4-2-1-3-5-15/h1-5,14,16H,6-13H2,(H,20,24)(H,21,23). The van der Waals surface area contributed by atoms with Gasteiger partial charge in [0.15, 0.2) is 0 Å². The molecule has 1 aliphatic carbocycles. The molecule has 25 heavy (non-hydrogen) atoms. The molecule has 0 bridgehead atoms. The average Bonchev–Trinajstić information content (AvgIpc) is 2.95. The largest absolute Gasteiger partial charge is 0.346 e. The summed E-state index contributed by atoms with van der Waals surface area (Å²) in [7, 11) is 0. The van der Waals surface area contributed by atoms with E-state index in [9.17, 15) is 9.59 Å². The van der Waals surface area contributed by atoms with Crippen LogP contribution in [0.3, 0.4) is 0 Å². The van der Waals surface area contributed by atoms with E-state index in [1.54, 1.807) is 0 Å². The highest BCUT2D eigenvalue weighted by Crippen LogP contribution is 2.41. The number of ether oxygens (including phenoxy) is 1. The molecule has 3 amide bonds. The smallest absolute Gasteiger partial charge is 0.317 e. The molecule has 2 aliphatic heterocycles. The van der Waals surface area contributed by atoms with Gasteiger partial charge in [0.05, 0.1) is 0 Å². The van der Waals surface area contributed by atoms with E-state index >= 15 is 0 Å². The molecule has 6 heteroatoms. The van der Waals surface area contributed by atoms with E-state index in [2.05, 4.69) is 34.9 Å². The van der Waals surface area contributed by atoms with Crippen molar-refractivity contribution in [2.75, 3.05) is 26.2 Å². The number of hydrogen-bond donors (Lipinski definition) is 2. The monoisotopic (exact) mass is 343 g/mol. The van der Waals surface area contributed by atoms with Crippen LogP contribution in [-0.2, 0) is 9.53 Å². The van der Waals surface area contributed by atoms with Crippen LogP contribution in [0.4, 0.5) is 4.79 Å². The minimum Gasteiger partial charge on any atom is -0.346 e. The maximum Gasteiger partial charge on any atom is 0.317 e. The second kappa shape index (κ2) is 6.67. The minimum atomic E-state index is -0.537. The fourth-order valence-corrected chi connectivity index (χ4v) is 4.11. The molecule has 2 N–H and O–H groups in total. The van der Waals surface area contributed by atoms with Crippen molar-refractivity contribution in [1.82, 2.24) is 15.5 Å². The number of amides is 3. The molecular weight excluding hydrogens is 318 g/mol. The molecule has 2 heterocycles. The number of rotatable bonds is 3. The lowest BCUT2D eigenvalue weighted by atomic mass is 9.71. The lowest BCUT2D eigenvalue weighted by Crippen LogP contribution is -2.55. The number of likely N-dealkylation sites (tertiary alicyclic amines) is 1. The van der Waals surface area contributed by atoms with Gasteiger partial charge in [0.2, 0.25) is 5.91 Å². The molecule has 4 rings (SSSR count). The Kier molecular flexibility index (Phi) is 4.37. The van der Waals surface area contributed by atoms with Crippen molar-refractivity contribution in [3.8, 4) is 0 Å². The lowest BCUT2D eigenvalue weighted by molar-refractivity contribution is -0.119. The molecule has 1 spiro atoms. The van der Waals surface area contributed by atoms with E-state index in [1.807, 2.05) is 11.0 Å². The van der Waals surface area contributed by atoms with Crippen molar-refractivity contribution < 1.29 is 14.3 Å². The van der Waals surface area contributed by atoms with Crippen LogP contribution in [0.5, 0.6) is 0 Å². The number of piperidine rings is 1. The first-order chi connectivity index (χ1) is 12.1. The number of carbonyl (C=O) groups is 2. The van der Waals surface area contributed by atoms with Gasteiger partial charge in [0.25, 0.3) is 0 Å². The number of benzene rings is 1. The molecule has 1 aromatic carbocycles. The zero-order valence-electron chi connectivity index (χ0n) is 14.4. The zero-order chi connectivity index (χ0) is 17.3. The summed E-state index contributed by atoms with van der Waals surface area (Å²) in [5.41, 5.74) is 0.870. The Labute approximate surface area is 147 Å². The van der Waals surface area contributed by atoms with Gasteiger partial charge >= 0.3 is 6.03 Å². The minimum absolute atomic E-state index is 0.00216. The number of hydrogen-bond acceptors (Lipinski definition) is 3. The molecule has 3 aliphatic rings. The van der Waals surface area contributed by atoms with Crippen LogP contribution in [-0.4, -0.2) is 48.8 Å². The van der Waals surface area contributed by atoms with E-state index in [1.165, 1.54) is 5.56 Å². The Hall–Kier alpha value is -2.08. The summed E-state index contributed by atoms with van der Waals surface area (Å²) < 4.78 is 5.58. The van der Waals surface area contributed by atoms with Crippen LogP contribution in [0.15, 0.2) is 30.3 Å². The van der Waals surface area contributed by atoms with Gasteiger partial charge in [-0.05, 0) is 30.2 Å². The third-order valence-electron chi connectivity index (χ3n) is 5.75. The second-order valence-corrected chi connectivity index (χ2v) is 7.45. The average molecular weight is 343 g/mol. The molecular formula is C19H25N3O3. The molecule has 1 aromatic rings. The summed E-state index contributed by atoms with van der Waals surface area (Å²) >= 11 is 0. The van der Waals surface area contributed by atoms with E-state index in [-0.39, 0.29) is 18.5 Å². The third kappa shape index (κ3) is 3.49. The SMILES string of the molecule is O=C1COC2(CCN(C(=O)NCC3CC(c4ccccc4)C3)CC2)N1. The molecule has 6 nitrogen and oxygen atoms in total. The van der Waals surface area contributed by atoms with E-state index in [4.69, 9.17) is 4.74 Å².